The first-order valence-electron chi connectivity index (χ1n) is 9.57. The zero-order chi connectivity index (χ0) is 20.2. The van der Waals surface area contributed by atoms with Crippen molar-refractivity contribution < 1.29 is 9.47 Å². The SMILES string of the molecule is C/C=C(\C)COc1ccc2c(=O)c3ccccc3sc2c1COc1ccccc1. The Balaban J connectivity index is 1.84. The van der Waals surface area contributed by atoms with Crippen LogP contribution in [0.15, 0.2) is 83.2 Å². The summed E-state index contributed by atoms with van der Waals surface area (Å²) in [5.74, 6) is 1.54. The van der Waals surface area contributed by atoms with Crippen molar-refractivity contribution in [2.75, 3.05) is 6.61 Å². The summed E-state index contributed by atoms with van der Waals surface area (Å²) < 4.78 is 14.0. The topological polar surface area (TPSA) is 35.5 Å². The number of ether oxygens (including phenoxy) is 2. The summed E-state index contributed by atoms with van der Waals surface area (Å²) in [7, 11) is 0. The molecular formula is C25H22O3S. The average Bonchev–Trinajstić information content (AvgIpc) is 2.77. The van der Waals surface area contributed by atoms with Crippen LogP contribution in [-0.2, 0) is 6.61 Å². The molecule has 0 fully saturated rings. The third-order valence-electron chi connectivity index (χ3n) is 4.88. The molecule has 0 aliphatic rings. The highest BCUT2D eigenvalue weighted by atomic mass is 32.1. The normalized spacial score (nSPS) is 11.7. The first kappa shape index (κ1) is 19.2. The minimum Gasteiger partial charge on any atom is -0.489 e. The van der Waals surface area contributed by atoms with E-state index in [1.54, 1.807) is 11.3 Å². The van der Waals surface area contributed by atoms with Crippen molar-refractivity contribution in [3.63, 3.8) is 0 Å². The summed E-state index contributed by atoms with van der Waals surface area (Å²) in [4.78, 5) is 13.1. The lowest BCUT2D eigenvalue weighted by molar-refractivity contribution is 0.291. The fraction of sp³-hybridized carbons (Fsp3) is 0.160. The zero-order valence-electron chi connectivity index (χ0n) is 16.5. The molecule has 0 amide bonds. The number of para-hydroxylation sites is 1. The fourth-order valence-electron chi connectivity index (χ4n) is 3.12. The van der Waals surface area contributed by atoms with E-state index in [1.165, 1.54) is 0 Å². The lowest BCUT2D eigenvalue weighted by Crippen LogP contribution is -2.07. The van der Waals surface area contributed by atoms with Crippen LogP contribution in [-0.4, -0.2) is 6.61 Å². The van der Waals surface area contributed by atoms with E-state index in [2.05, 4.69) is 0 Å². The Kier molecular flexibility index (Phi) is 5.63. The highest BCUT2D eigenvalue weighted by Gasteiger charge is 2.15. The van der Waals surface area contributed by atoms with Gasteiger partial charge in [-0.2, -0.15) is 0 Å². The van der Waals surface area contributed by atoms with E-state index in [4.69, 9.17) is 9.47 Å². The maximum absolute atomic E-state index is 13.1. The van der Waals surface area contributed by atoms with Gasteiger partial charge in [0.1, 0.15) is 24.7 Å². The molecule has 0 radical (unpaired) electrons. The Hall–Kier alpha value is -3.11. The molecular weight excluding hydrogens is 380 g/mol. The Morgan fingerprint density at radius 2 is 1.69 bits per heavy atom. The third kappa shape index (κ3) is 4.03. The lowest BCUT2D eigenvalue weighted by Gasteiger charge is -2.15. The van der Waals surface area contributed by atoms with Crippen LogP contribution in [0.1, 0.15) is 19.4 Å². The van der Waals surface area contributed by atoms with Crippen molar-refractivity contribution >= 4 is 31.5 Å². The molecule has 0 spiro atoms. The molecule has 0 saturated heterocycles. The molecule has 1 aromatic heterocycles. The van der Waals surface area contributed by atoms with Gasteiger partial charge >= 0.3 is 0 Å². The molecule has 4 aromatic rings. The number of fused-ring (bicyclic) bond motifs is 2. The van der Waals surface area contributed by atoms with Gasteiger partial charge in [0, 0.05) is 25.7 Å². The first-order valence-corrected chi connectivity index (χ1v) is 10.4. The maximum Gasteiger partial charge on any atom is 0.195 e. The molecule has 0 bridgehead atoms. The number of allylic oxidation sites excluding steroid dienone is 1. The molecule has 0 aliphatic heterocycles. The van der Waals surface area contributed by atoms with Crippen LogP contribution < -0.4 is 14.9 Å². The second kappa shape index (κ2) is 8.50. The number of benzene rings is 3. The molecule has 29 heavy (non-hydrogen) atoms. The van der Waals surface area contributed by atoms with Gasteiger partial charge in [-0.25, -0.2) is 0 Å². The van der Waals surface area contributed by atoms with Crippen molar-refractivity contribution in [3.05, 3.63) is 94.2 Å². The van der Waals surface area contributed by atoms with Crippen LogP contribution in [0.3, 0.4) is 0 Å². The number of hydrogen-bond donors (Lipinski definition) is 0. The van der Waals surface area contributed by atoms with Gasteiger partial charge < -0.3 is 9.47 Å². The van der Waals surface area contributed by atoms with Crippen molar-refractivity contribution in [1.29, 1.82) is 0 Å². The van der Waals surface area contributed by atoms with Gasteiger partial charge in [-0.05, 0) is 55.8 Å². The summed E-state index contributed by atoms with van der Waals surface area (Å²) in [6.45, 7) is 4.87. The van der Waals surface area contributed by atoms with Gasteiger partial charge in [0.05, 0.1) is 0 Å². The second-order valence-electron chi connectivity index (χ2n) is 6.87. The quantitative estimate of drug-likeness (QED) is 0.279. The van der Waals surface area contributed by atoms with Crippen LogP contribution in [0.5, 0.6) is 11.5 Å². The Labute approximate surface area is 173 Å². The average molecular weight is 403 g/mol. The van der Waals surface area contributed by atoms with E-state index in [-0.39, 0.29) is 5.43 Å². The monoisotopic (exact) mass is 402 g/mol. The standard InChI is InChI=1S/C25H22O3S/c1-3-17(2)15-28-22-14-13-20-24(26)19-11-7-8-12-23(19)29-25(20)21(22)16-27-18-9-5-4-6-10-18/h3-14H,15-16H2,1-2H3/b17-3+. The van der Waals surface area contributed by atoms with Crippen molar-refractivity contribution in [1.82, 2.24) is 0 Å². The maximum atomic E-state index is 13.1. The molecule has 4 rings (SSSR count). The van der Waals surface area contributed by atoms with E-state index >= 15 is 0 Å². The van der Waals surface area contributed by atoms with Gasteiger partial charge in [-0.15, -0.1) is 11.3 Å². The fourth-order valence-corrected chi connectivity index (χ4v) is 4.31. The van der Waals surface area contributed by atoms with E-state index in [1.807, 2.05) is 86.7 Å². The smallest absolute Gasteiger partial charge is 0.195 e. The van der Waals surface area contributed by atoms with Crippen LogP contribution >= 0.6 is 11.3 Å². The van der Waals surface area contributed by atoms with E-state index < -0.39 is 0 Å². The molecule has 1 heterocycles. The summed E-state index contributed by atoms with van der Waals surface area (Å²) >= 11 is 1.61. The van der Waals surface area contributed by atoms with E-state index in [0.29, 0.717) is 18.6 Å². The van der Waals surface area contributed by atoms with E-state index in [9.17, 15) is 4.79 Å². The highest BCUT2D eigenvalue weighted by molar-refractivity contribution is 7.24. The molecule has 0 saturated carbocycles. The van der Waals surface area contributed by atoms with Crippen LogP contribution in [0.2, 0.25) is 0 Å². The van der Waals surface area contributed by atoms with Gasteiger partial charge in [-0.1, -0.05) is 36.4 Å². The van der Waals surface area contributed by atoms with Gasteiger partial charge in [-0.3, -0.25) is 4.79 Å². The second-order valence-corrected chi connectivity index (χ2v) is 7.92. The molecule has 3 aromatic carbocycles. The van der Waals surface area contributed by atoms with Gasteiger partial charge in [0.15, 0.2) is 5.43 Å². The van der Waals surface area contributed by atoms with Crippen LogP contribution in [0.4, 0.5) is 0 Å². The Morgan fingerprint density at radius 1 is 0.931 bits per heavy atom. The highest BCUT2D eigenvalue weighted by Crippen LogP contribution is 2.34. The van der Waals surface area contributed by atoms with Crippen LogP contribution in [0.25, 0.3) is 20.2 Å². The third-order valence-corrected chi connectivity index (χ3v) is 6.13. The molecule has 3 nitrogen and oxygen atoms in total. The van der Waals surface area contributed by atoms with E-state index in [0.717, 1.165) is 37.4 Å². The molecule has 146 valence electrons. The first-order chi connectivity index (χ1) is 14.2. The number of hydrogen-bond acceptors (Lipinski definition) is 4. The predicted molar refractivity (Wildman–Crippen MR) is 121 cm³/mol. The molecule has 0 unspecified atom stereocenters. The van der Waals surface area contributed by atoms with Gasteiger partial charge in [0.25, 0.3) is 0 Å². The summed E-state index contributed by atoms with van der Waals surface area (Å²) in [5, 5.41) is 1.45. The molecule has 4 heteroatoms. The predicted octanol–water partition coefficient (Wildman–Crippen LogP) is 6.34. The minimum atomic E-state index is 0.0477. The van der Waals surface area contributed by atoms with Crippen LogP contribution in [0, 0.1) is 0 Å². The molecule has 0 aliphatic carbocycles. The minimum absolute atomic E-state index is 0.0477. The largest absolute Gasteiger partial charge is 0.489 e. The zero-order valence-corrected chi connectivity index (χ0v) is 17.3. The van der Waals surface area contributed by atoms with Crippen molar-refractivity contribution in [3.8, 4) is 11.5 Å². The van der Waals surface area contributed by atoms with Crippen molar-refractivity contribution in [2.45, 2.75) is 20.5 Å². The number of rotatable bonds is 6. The summed E-state index contributed by atoms with van der Waals surface area (Å²) in [6, 6.07) is 21.2. The Bertz CT molecular complexity index is 1240. The Morgan fingerprint density at radius 3 is 2.48 bits per heavy atom. The molecule has 0 N–H and O–H groups in total. The summed E-state index contributed by atoms with van der Waals surface area (Å²) in [5.41, 5.74) is 2.10. The lowest BCUT2D eigenvalue weighted by atomic mass is 10.1. The van der Waals surface area contributed by atoms with Crippen molar-refractivity contribution in [2.24, 2.45) is 0 Å². The molecule has 0 atom stereocenters. The van der Waals surface area contributed by atoms with Gasteiger partial charge in [0.2, 0.25) is 0 Å². The summed E-state index contributed by atoms with van der Waals surface area (Å²) in [6.07, 6.45) is 2.03.